The molecular formula is C19H30N6O3S. The molecule has 29 heavy (non-hydrogen) atoms. The van der Waals surface area contributed by atoms with Crippen LogP contribution in [0.1, 0.15) is 36.1 Å². The van der Waals surface area contributed by atoms with E-state index in [4.69, 9.17) is 11.1 Å². The minimum Gasteiger partial charge on any atom is -0.384 e. The first-order chi connectivity index (χ1) is 13.8. The molecule has 0 aliphatic carbocycles. The Morgan fingerprint density at radius 3 is 2.76 bits per heavy atom. The topological polar surface area (TPSA) is 140 Å². The third kappa shape index (κ3) is 7.56. The minimum atomic E-state index is -0.870. The third-order valence-electron chi connectivity index (χ3n) is 4.65. The van der Waals surface area contributed by atoms with Gasteiger partial charge in [-0.15, -0.1) is 11.3 Å². The van der Waals surface area contributed by atoms with E-state index < -0.39 is 11.9 Å². The molecule has 0 radical (unpaired) electrons. The van der Waals surface area contributed by atoms with E-state index in [1.165, 1.54) is 11.3 Å². The predicted octanol–water partition coefficient (Wildman–Crippen LogP) is -0.204. The molecule has 1 fully saturated rings. The molecule has 1 aromatic heterocycles. The van der Waals surface area contributed by atoms with Crippen molar-refractivity contribution in [3.05, 3.63) is 21.9 Å². The average molecular weight is 423 g/mol. The zero-order valence-corrected chi connectivity index (χ0v) is 17.7. The molecule has 10 heteroatoms. The number of hydrogen-bond donors (Lipinski definition) is 5. The van der Waals surface area contributed by atoms with Crippen LogP contribution in [0.15, 0.2) is 11.4 Å². The number of amides is 3. The Balaban J connectivity index is 2.02. The monoisotopic (exact) mass is 422 g/mol. The predicted molar refractivity (Wildman–Crippen MR) is 113 cm³/mol. The number of amidine groups is 1. The van der Waals surface area contributed by atoms with E-state index in [1.807, 2.05) is 19.0 Å². The molecule has 1 aliphatic rings. The summed E-state index contributed by atoms with van der Waals surface area (Å²) in [5.74, 6) is -1.18. The SMILES string of the molecule is CN(C)CCCC(=O)N[C@@H](Cc1cc(C(=N)N)cs1)C(=O)NC(=O)[C@@H]1CCCN1. The van der Waals surface area contributed by atoms with Gasteiger partial charge in [-0.3, -0.25) is 25.1 Å². The Morgan fingerprint density at radius 1 is 1.41 bits per heavy atom. The number of hydrogen-bond acceptors (Lipinski definition) is 7. The second-order valence-electron chi connectivity index (χ2n) is 7.45. The third-order valence-corrected chi connectivity index (χ3v) is 5.61. The van der Waals surface area contributed by atoms with E-state index in [1.54, 1.807) is 11.4 Å². The number of nitrogens with zero attached hydrogens (tertiary/aromatic N) is 1. The smallest absolute Gasteiger partial charge is 0.249 e. The normalized spacial score (nSPS) is 17.1. The molecule has 1 aliphatic heterocycles. The fourth-order valence-corrected chi connectivity index (χ4v) is 4.00. The van der Waals surface area contributed by atoms with Crippen molar-refractivity contribution in [2.24, 2.45) is 5.73 Å². The van der Waals surface area contributed by atoms with Crippen molar-refractivity contribution in [1.29, 1.82) is 5.41 Å². The highest BCUT2D eigenvalue weighted by Gasteiger charge is 2.28. The van der Waals surface area contributed by atoms with Gasteiger partial charge < -0.3 is 21.3 Å². The zero-order valence-electron chi connectivity index (χ0n) is 16.9. The highest BCUT2D eigenvalue weighted by Crippen LogP contribution is 2.17. The van der Waals surface area contributed by atoms with Gasteiger partial charge in [-0.05, 0) is 52.5 Å². The first-order valence-corrected chi connectivity index (χ1v) is 10.6. The molecule has 3 amide bonds. The van der Waals surface area contributed by atoms with Gasteiger partial charge in [0, 0.05) is 28.7 Å². The summed E-state index contributed by atoms with van der Waals surface area (Å²) in [5.41, 5.74) is 6.08. The van der Waals surface area contributed by atoms with E-state index in [0.29, 0.717) is 24.8 Å². The quantitative estimate of drug-likeness (QED) is 0.261. The molecule has 1 aromatic rings. The van der Waals surface area contributed by atoms with Crippen LogP contribution in [0.4, 0.5) is 0 Å². The first-order valence-electron chi connectivity index (χ1n) is 9.70. The molecule has 2 heterocycles. The van der Waals surface area contributed by atoms with Gasteiger partial charge in [0.15, 0.2) is 0 Å². The van der Waals surface area contributed by atoms with Crippen LogP contribution in [-0.2, 0) is 20.8 Å². The molecule has 0 unspecified atom stereocenters. The lowest BCUT2D eigenvalue weighted by Crippen LogP contribution is -2.52. The molecule has 0 aromatic carbocycles. The summed E-state index contributed by atoms with van der Waals surface area (Å²) in [6, 6.07) is 0.485. The Bertz CT molecular complexity index is 742. The van der Waals surface area contributed by atoms with E-state index >= 15 is 0 Å². The fraction of sp³-hybridized carbons (Fsp3) is 0.579. The van der Waals surface area contributed by atoms with Crippen LogP contribution < -0.4 is 21.7 Å². The Morgan fingerprint density at radius 2 is 2.17 bits per heavy atom. The first kappa shape index (κ1) is 23.0. The number of thiophene rings is 1. The van der Waals surface area contributed by atoms with Crippen LogP contribution in [0.2, 0.25) is 0 Å². The number of carbonyl (C=O) groups excluding carboxylic acids is 3. The maximum Gasteiger partial charge on any atom is 0.249 e. The van der Waals surface area contributed by atoms with E-state index in [0.717, 1.165) is 24.4 Å². The standard InChI is InChI=1S/C19H30N6O3S/c1-25(2)8-4-6-16(26)23-15(10-13-9-12(11-29-13)17(20)21)19(28)24-18(27)14-5-3-7-22-14/h9,11,14-15,22H,3-8,10H2,1-2H3,(H3,20,21)(H,23,26)(H,24,27,28)/t14-,15-/m0/s1. The van der Waals surface area contributed by atoms with Crippen LogP contribution in [0.25, 0.3) is 0 Å². The largest absolute Gasteiger partial charge is 0.384 e. The average Bonchev–Trinajstić information content (AvgIpc) is 3.32. The van der Waals surface area contributed by atoms with Crippen molar-refractivity contribution in [1.82, 2.24) is 20.9 Å². The number of nitrogens with one attached hydrogen (secondary N) is 4. The minimum absolute atomic E-state index is 0.0521. The lowest BCUT2D eigenvalue weighted by atomic mass is 10.1. The number of imide groups is 1. The second-order valence-corrected chi connectivity index (χ2v) is 8.44. The summed E-state index contributed by atoms with van der Waals surface area (Å²) in [6.45, 7) is 1.52. The van der Waals surface area contributed by atoms with Crippen molar-refractivity contribution in [3.8, 4) is 0 Å². The van der Waals surface area contributed by atoms with Crippen LogP contribution in [0, 0.1) is 5.41 Å². The van der Waals surface area contributed by atoms with Crippen molar-refractivity contribution in [2.75, 3.05) is 27.2 Å². The molecule has 0 bridgehead atoms. The summed E-state index contributed by atoms with van der Waals surface area (Å²) >= 11 is 1.36. The van der Waals surface area contributed by atoms with E-state index in [-0.39, 0.29) is 30.1 Å². The number of rotatable bonds is 10. The summed E-state index contributed by atoms with van der Waals surface area (Å²) in [4.78, 5) is 40.1. The second kappa shape index (κ2) is 11.0. The summed E-state index contributed by atoms with van der Waals surface area (Å²) in [5, 5.41) is 17.5. The summed E-state index contributed by atoms with van der Waals surface area (Å²) in [7, 11) is 3.86. The van der Waals surface area contributed by atoms with Gasteiger partial charge in [0.2, 0.25) is 17.7 Å². The maximum atomic E-state index is 12.7. The molecule has 1 saturated heterocycles. The molecule has 2 rings (SSSR count). The van der Waals surface area contributed by atoms with Gasteiger partial charge in [-0.1, -0.05) is 0 Å². The molecule has 160 valence electrons. The fourth-order valence-electron chi connectivity index (χ4n) is 3.07. The van der Waals surface area contributed by atoms with Gasteiger partial charge in [-0.2, -0.15) is 0 Å². The van der Waals surface area contributed by atoms with Crippen LogP contribution in [-0.4, -0.2) is 67.7 Å². The van der Waals surface area contributed by atoms with Gasteiger partial charge in [0.1, 0.15) is 11.9 Å². The summed E-state index contributed by atoms with van der Waals surface area (Å²) < 4.78 is 0. The number of carbonyl (C=O) groups is 3. The van der Waals surface area contributed by atoms with Crippen molar-refractivity contribution in [2.45, 2.75) is 44.2 Å². The summed E-state index contributed by atoms with van der Waals surface area (Å²) in [6.07, 6.45) is 2.78. The number of nitrogen functional groups attached to an aromatic ring is 1. The molecule has 6 N–H and O–H groups in total. The van der Waals surface area contributed by atoms with Crippen molar-refractivity contribution >= 4 is 34.9 Å². The molecule has 0 spiro atoms. The Kier molecular flexibility index (Phi) is 8.74. The van der Waals surface area contributed by atoms with Crippen molar-refractivity contribution in [3.63, 3.8) is 0 Å². The lowest BCUT2D eigenvalue weighted by Gasteiger charge is -2.19. The highest BCUT2D eigenvalue weighted by atomic mass is 32.1. The zero-order chi connectivity index (χ0) is 21.4. The molecular weight excluding hydrogens is 392 g/mol. The molecule has 0 saturated carbocycles. The van der Waals surface area contributed by atoms with Gasteiger partial charge in [-0.25, -0.2) is 0 Å². The van der Waals surface area contributed by atoms with Crippen LogP contribution in [0.3, 0.4) is 0 Å². The molecule has 9 nitrogen and oxygen atoms in total. The van der Waals surface area contributed by atoms with E-state index in [2.05, 4.69) is 16.0 Å². The Labute approximate surface area is 174 Å². The molecule has 2 atom stereocenters. The van der Waals surface area contributed by atoms with Gasteiger partial charge in [0.25, 0.3) is 0 Å². The highest BCUT2D eigenvalue weighted by molar-refractivity contribution is 7.10. The van der Waals surface area contributed by atoms with Crippen LogP contribution >= 0.6 is 11.3 Å². The maximum absolute atomic E-state index is 12.7. The van der Waals surface area contributed by atoms with Crippen LogP contribution in [0.5, 0.6) is 0 Å². The van der Waals surface area contributed by atoms with E-state index in [9.17, 15) is 14.4 Å². The lowest BCUT2D eigenvalue weighted by molar-refractivity contribution is -0.134. The van der Waals surface area contributed by atoms with Gasteiger partial charge >= 0.3 is 0 Å². The van der Waals surface area contributed by atoms with Gasteiger partial charge in [0.05, 0.1) is 6.04 Å². The Hall–Kier alpha value is -2.30. The van der Waals surface area contributed by atoms with Crippen molar-refractivity contribution < 1.29 is 14.4 Å². The number of nitrogens with two attached hydrogens (primary N) is 1.